The van der Waals surface area contributed by atoms with Crippen LogP contribution in [-0.2, 0) is 21.4 Å². The fraction of sp³-hybridized carbons (Fsp3) is 0.571. The molecule has 1 saturated heterocycles. The summed E-state index contributed by atoms with van der Waals surface area (Å²) in [4.78, 5) is 40.1. The van der Waals surface area contributed by atoms with Crippen molar-refractivity contribution < 1.29 is 27.6 Å². The van der Waals surface area contributed by atoms with Crippen LogP contribution < -0.4 is 10.6 Å². The van der Waals surface area contributed by atoms with E-state index in [2.05, 4.69) is 41.1 Å². The molecule has 0 radical (unpaired) electrons. The Morgan fingerprint density at radius 3 is 2.34 bits per heavy atom. The first-order valence-corrected chi connectivity index (χ1v) is 13.2. The number of likely N-dealkylation sites (tertiary alicyclic amines) is 1. The summed E-state index contributed by atoms with van der Waals surface area (Å²) in [5.74, 6) is 4.16. The minimum atomic E-state index is -4.96. The highest BCUT2D eigenvalue weighted by Gasteiger charge is 2.64. The molecule has 0 aromatic carbocycles. The monoisotopic (exact) mass is 571 g/mol. The summed E-state index contributed by atoms with van der Waals surface area (Å²) < 4.78 is 39.1. The van der Waals surface area contributed by atoms with Crippen LogP contribution in [-0.4, -0.2) is 63.2 Å². The standard InChI is InChI=1S/C15H21F3N2O2.C13H11N5O/c1-13(2)8-6-20(7-9(8)13)11(21)10(14(3)4-5-14)19-12(22)15(16,17)18;1-3-4-10-13-9(11(5-14)16-8-19)6-15-7-12(13)18(2)17-10/h8-10H,4-7H2,1-3H3,(H,19,22);6-8,11H,1-2H3,(H,16,19)/t8-,9+,10?;. The number of carbonyl (C=O) groups excluding carboxylic acids is 3. The summed E-state index contributed by atoms with van der Waals surface area (Å²) >= 11 is 0. The fourth-order valence-electron chi connectivity index (χ4n) is 5.64. The van der Waals surface area contributed by atoms with Gasteiger partial charge in [0, 0.05) is 37.3 Å². The second kappa shape index (κ2) is 10.7. The Labute approximate surface area is 235 Å². The average Bonchev–Trinajstić information content (AvgIpc) is 3.59. The lowest BCUT2D eigenvalue weighted by atomic mass is 9.96. The first-order chi connectivity index (χ1) is 19.2. The number of carbonyl (C=O) groups is 3. The van der Waals surface area contributed by atoms with E-state index >= 15 is 0 Å². The van der Waals surface area contributed by atoms with Gasteiger partial charge in [0.15, 0.2) is 0 Å². The quantitative estimate of drug-likeness (QED) is 0.405. The zero-order chi connectivity index (χ0) is 30.3. The number of nitrogens with one attached hydrogen (secondary N) is 2. The van der Waals surface area contributed by atoms with Crippen molar-refractivity contribution in [2.24, 2.45) is 29.7 Å². The molecule has 2 aromatic heterocycles. The number of aromatic nitrogens is 3. The topological polar surface area (TPSA) is 133 Å². The predicted molar refractivity (Wildman–Crippen MR) is 141 cm³/mol. The summed E-state index contributed by atoms with van der Waals surface area (Å²) in [5.41, 5.74) is 1.62. The lowest BCUT2D eigenvalue weighted by Gasteiger charge is -2.30. The van der Waals surface area contributed by atoms with Crippen molar-refractivity contribution in [3.63, 3.8) is 0 Å². The molecule has 1 aliphatic heterocycles. The number of nitriles is 1. The smallest absolute Gasteiger partial charge is 0.340 e. The number of hydrogen-bond acceptors (Lipinski definition) is 6. The Bertz CT molecular complexity index is 1460. The number of aryl methyl sites for hydroxylation is 1. The van der Waals surface area contributed by atoms with Gasteiger partial charge in [0.05, 0.1) is 17.8 Å². The maximum absolute atomic E-state index is 12.6. The van der Waals surface area contributed by atoms with Crippen molar-refractivity contribution in [3.8, 4) is 17.9 Å². The van der Waals surface area contributed by atoms with Gasteiger partial charge in [-0.3, -0.25) is 24.0 Å². The molecule has 41 heavy (non-hydrogen) atoms. The minimum absolute atomic E-state index is 0.227. The normalized spacial score (nSPS) is 22.5. The van der Waals surface area contributed by atoms with Crippen LogP contribution in [0.2, 0.25) is 0 Å². The number of alkyl halides is 3. The van der Waals surface area contributed by atoms with Crippen molar-refractivity contribution in [1.82, 2.24) is 30.3 Å². The van der Waals surface area contributed by atoms with Crippen molar-refractivity contribution in [2.45, 2.75) is 58.8 Å². The number of nitrogens with zero attached hydrogens (tertiary/aromatic N) is 5. The molecule has 3 amide bonds. The van der Waals surface area contributed by atoms with Crippen molar-refractivity contribution in [1.29, 1.82) is 5.26 Å². The van der Waals surface area contributed by atoms with E-state index < -0.39 is 29.6 Å². The van der Waals surface area contributed by atoms with Gasteiger partial charge in [-0.1, -0.05) is 26.7 Å². The summed E-state index contributed by atoms with van der Waals surface area (Å²) in [6, 6.07) is 0.187. The third-order valence-electron chi connectivity index (χ3n) is 8.66. The Morgan fingerprint density at radius 2 is 1.83 bits per heavy atom. The van der Waals surface area contributed by atoms with E-state index in [1.807, 2.05) is 11.4 Å². The predicted octanol–water partition coefficient (Wildman–Crippen LogP) is 2.60. The molecule has 2 aromatic rings. The van der Waals surface area contributed by atoms with E-state index in [9.17, 15) is 27.6 Å². The lowest BCUT2D eigenvalue weighted by Crippen LogP contribution is -2.55. The van der Waals surface area contributed by atoms with Crippen molar-refractivity contribution in [3.05, 3.63) is 23.7 Å². The van der Waals surface area contributed by atoms with Crippen LogP contribution in [0, 0.1) is 45.8 Å². The maximum Gasteiger partial charge on any atom is 0.471 e. The van der Waals surface area contributed by atoms with Gasteiger partial charge < -0.3 is 15.5 Å². The summed E-state index contributed by atoms with van der Waals surface area (Å²) in [5, 5.41) is 18.6. The van der Waals surface area contributed by atoms with E-state index in [-0.39, 0.29) is 11.3 Å². The Hall–Kier alpha value is -4.13. The van der Waals surface area contributed by atoms with Crippen LogP contribution in [0.4, 0.5) is 13.2 Å². The number of fused-ring (bicyclic) bond motifs is 2. The third-order valence-corrected chi connectivity index (χ3v) is 8.66. The highest BCUT2D eigenvalue weighted by Crippen LogP contribution is 2.62. The number of halogens is 3. The van der Waals surface area contributed by atoms with Crippen LogP contribution in [0.5, 0.6) is 0 Å². The number of hydrogen-bond donors (Lipinski definition) is 2. The first-order valence-electron chi connectivity index (χ1n) is 13.2. The molecule has 4 atom stereocenters. The molecule has 0 bridgehead atoms. The van der Waals surface area contributed by atoms with Crippen LogP contribution in [0.1, 0.15) is 57.8 Å². The Kier molecular flexibility index (Phi) is 7.78. The summed E-state index contributed by atoms with van der Waals surface area (Å²) in [6.45, 7) is 8.94. The van der Waals surface area contributed by atoms with Gasteiger partial charge in [0.1, 0.15) is 17.8 Å². The van der Waals surface area contributed by atoms with Crippen LogP contribution in [0.3, 0.4) is 0 Å². The van der Waals surface area contributed by atoms with Crippen LogP contribution >= 0.6 is 0 Å². The molecule has 13 heteroatoms. The summed E-state index contributed by atoms with van der Waals surface area (Å²) in [6.07, 6.45) is 0.0614. The van der Waals surface area contributed by atoms with E-state index in [1.54, 1.807) is 42.9 Å². The highest BCUT2D eigenvalue weighted by atomic mass is 19.4. The molecule has 3 heterocycles. The zero-order valence-electron chi connectivity index (χ0n) is 23.5. The highest BCUT2D eigenvalue weighted by molar-refractivity contribution is 5.91. The second-order valence-electron chi connectivity index (χ2n) is 11.7. The molecule has 2 N–H and O–H groups in total. The molecule has 2 saturated carbocycles. The minimum Gasteiger partial charge on any atom is -0.340 e. The van der Waals surface area contributed by atoms with E-state index in [1.165, 1.54) is 0 Å². The van der Waals surface area contributed by atoms with Crippen molar-refractivity contribution in [2.75, 3.05) is 13.1 Å². The van der Waals surface area contributed by atoms with Crippen molar-refractivity contribution >= 4 is 29.1 Å². The molecular formula is C28H32F3N7O3. The molecule has 10 nitrogen and oxygen atoms in total. The molecular weight excluding hydrogens is 539 g/mol. The maximum atomic E-state index is 12.6. The van der Waals surface area contributed by atoms with Crippen LogP contribution in [0.15, 0.2) is 12.4 Å². The average molecular weight is 572 g/mol. The summed E-state index contributed by atoms with van der Waals surface area (Å²) in [7, 11) is 1.78. The molecule has 218 valence electrons. The van der Waals surface area contributed by atoms with E-state index in [0.29, 0.717) is 55.4 Å². The number of rotatable bonds is 6. The lowest BCUT2D eigenvalue weighted by molar-refractivity contribution is -0.175. The largest absolute Gasteiger partial charge is 0.471 e. The zero-order valence-corrected chi connectivity index (χ0v) is 23.5. The van der Waals surface area contributed by atoms with Gasteiger partial charge in [-0.2, -0.15) is 23.5 Å². The number of amides is 3. The SMILES string of the molecule is CC#Cc1nn(C)c2cncc(C(C#N)NC=O)c12.CC1(C(NC(=O)C(F)(F)F)C(=O)N2C[C@@H]3[C@H](C2)C3(C)C)CC1. The Morgan fingerprint density at radius 1 is 1.20 bits per heavy atom. The van der Waals surface area contributed by atoms with Gasteiger partial charge >= 0.3 is 12.1 Å². The van der Waals surface area contributed by atoms with Gasteiger partial charge in [-0.15, -0.1) is 0 Å². The second-order valence-corrected chi connectivity index (χ2v) is 11.7. The van der Waals surface area contributed by atoms with E-state index in [0.717, 1.165) is 10.9 Å². The molecule has 0 spiro atoms. The first kappa shape index (κ1) is 29.8. The van der Waals surface area contributed by atoms with Gasteiger partial charge in [0.2, 0.25) is 12.3 Å². The third kappa shape index (κ3) is 5.71. The molecule has 2 unspecified atom stereocenters. The van der Waals surface area contributed by atoms with Crippen LogP contribution in [0.25, 0.3) is 10.9 Å². The fourth-order valence-corrected chi connectivity index (χ4v) is 5.64. The molecule has 3 aliphatic rings. The molecule has 5 rings (SSSR count). The Balaban J connectivity index is 0.000000191. The molecule has 2 aliphatic carbocycles. The van der Waals surface area contributed by atoms with Gasteiger partial charge in [-0.25, -0.2) is 0 Å². The molecule has 3 fully saturated rings. The van der Waals surface area contributed by atoms with E-state index in [4.69, 9.17) is 5.26 Å². The number of pyridine rings is 1. The number of piperidine rings is 1. The van der Waals surface area contributed by atoms with Gasteiger partial charge in [0.25, 0.3) is 0 Å². The van der Waals surface area contributed by atoms with Gasteiger partial charge in [-0.05, 0) is 48.4 Å².